The molecule has 12 heteroatoms. The minimum absolute atomic E-state index is 0.203. The van der Waals surface area contributed by atoms with Gasteiger partial charge in [0.05, 0.1) is 35.0 Å². The van der Waals surface area contributed by atoms with Crippen LogP contribution in [0.3, 0.4) is 0 Å². The number of carbonyl (C=O) groups excluding carboxylic acids is 1. The lowest BCUT2D eigenvalue weighted by Gasteiger charge is -2.44. The van der Waals surface area contributed by atoms with Crippen LogP contribution in [0.5, 0.6) is 0 Å². The number of nitrogens with zero attached hydrogens (tertiary/aromatic N) is 3. The van der Waals surface area contributed by atoms with Gasteiger partial charge in [0.25, 0.3) is 0 Å². The molecule has 11 nitrogen and oxygen atoms in total. The molecule has 5 N–H and O–H groups in total. The molecule has 1 aromatic carbocycles. The molecule has 0 aliphatic carbocycles. The summed E-state index contributed by atoms with van der Waals surface area (Å²) < 4.78 is 14.3. The van der Waals surface area contributed by atoms with Crippen molar-refractivity contribution in [3.63, 3.8) is 0 Å². The highest BCUT2D eigenvalue weighted by atomic mass is 32.2. The number of fused-ring (bicyclic) bond motifs is 3. The third-order valence-corrected chi connectivity index (χ3v) is 10.8. The first-order valence-corrected chi connectivity index (χ1v) is 16.9. The van der Waals surface area contributed by atoms with E-state index in [2.05, 4.69) is 34.8 Å². The second-order valence-corrected chi connectivity index (χ2v) is 14.4. The number of rotatable bonds is 6. The number of hydrogen-bond acceptors (Lipinski definition) is 10. The molecule has 3 saturated heterocycles. The maximum absolute atomic E-state index is 13.7. The third kappa shape index (κ3) is 6.91. The largest absolute Gasteiger partial charge is 0.388 e. The van der Waals surface area contributed by atoms with Crippen LogP contribution >= 0.6 is 11.8 Å². The van der Waals surface area contributed by atoms with Crippen LogP contribution in [-0.4, -0.2) is 97.4 Å². The van der Waals surface area contributed by atoms with E-state index < -0.39 is 41.9 Å². The fourth-order valence-corrected chi connectivity index (χ4v) is 8.45. The molecule has 2 aromatic rings. The average molecular weight is 628 g/mol. The SMILES string of the molecule is CC(C)C[C@@H]1CCO[C@@H]2[C@H](CN[C@@H]2C(=O)N[C@@H]2C/C=C\C[C@@H](c3cn(-c4ccccc4)nn3)S[C@H]3O[C@H]2[C@H](O)[C@H](O)[C@H]3O)C1. The van der Waals surface area contributed by atoms with Gasteiger partial charge < -0.3 is 35.4 Å². The number of hydrogen-bond donors (Lipinski definition) is 5. The summed E-state index contributed by atoms with van der Waals surface area (Å²) in [6.45, 7) is 5.86. The minimum Gasteiger partial charge on any atom is -0.388 e. The smallest absolute Gasteiger partial charge is 0.240 e. The van der Waals surface area contributed by atoms with Crippen molar-refractivity contribution >= 4 is 17.7 Å². The van der Waals surface area contributed by atoms with E-state index in [-0.39, 0.29) is 23.2 Å². The highest BCUT2D eigenvalue weighted by Crippen LogP contribution is 2.41. The van der Waals surface area contributed by atoms with Gasteiger partial charge in [0.15, 0.2) is 0 Å². The molecule has 3 fully saturated rings. The van der Waals surface area contributed by atoms with Crippen molar-refractivity contribution in [2.75, 3.05) is 13.2 Å². The van der Waals surface area contributed by atoms with Crippen LogP contribution in [0.15, 0.2) is 48.7 Å². The van der Waals surface area contributed by atoms with Crippen LogP contribution in [0.2, 0.25) is 0 Å². The molecular weight excluding hydrogens is 582 g/mol. The van der Waals surface area contributed by atoms with E-state index in [9.17, 15) is 20.1 Å². The van der Waals surface area contributed by atoms with Crippen LogP contribution in [0.25, 0.3) is 5.69 Å². The van der Waals surface area contributed by atoms with Gasteiger partial charge in [-0.25, -0.2) is 4.68 Å². The van der Waals surface area contributed by atoms with Gasteiger partial charge in [-0.2, -0.15) is 0 Å². The van der Waals surface area contributed by atoms with E-state index in [1.807, 2.05) is 48.7 Å². The first-order chi connectivity index (χ1) is 21.3. The Morgan fingerprint density at radius 1 is 1.11 bits per heavy atom. The van der Waals surface area contributed by atoms with Gasteiger partial charge >= 0.3 is 0 Å². The fourth-order valence-electron chi connectivity index (χ4n) is 7.14. The summed E-state index contributed by atoms with van der Waals surface area (Å²) in [7, 11) is 0. The molecule has 1 aromatic heterocycles. The quantitative estimate of drug-likeness (QED) is 0.301. The van der Waals surface area contributed by atoms with Crippen LogP contribution in [0, 0.1) is 17.8 Å². The highest BCUT2D eigenvalue weighted by Gasteiger charge is 2.49. The number of para-hydroxylation sites is 1. The number of nitrogens with one attached hydrogen (secondary N) is 2. The lowest BCUT2D eigenvalue weighted by atomic mass is 9.85. The number of aliphatic hydroxyl groups excluding tert-OH is 3. The summed E-state index contributed by atoms with van der Waals surface area (Å²) in [5.74, 6) is 1.29. The standard InChI is InChI=1S/C32H45N5O6S/c1-18(2)14-19-12-13-42-29-20(15-19)16-33-25(29)31(41)34-22-10-6-7-11-24(44-32-28(40)26(38)27(39)30(22)43-32)23-17-37(36-35-23)21-8-4-3-5-9-21/h3-9,17-20,22,24-30,32-33,38-40H,10-16H2,1-2H3,(H,34,41)/b7-6-/t19-,20-,22+,24-,25-,26-,27+,28+,29+,30+,32+/m0/s1. The number of ether oxygens (including phenoxy) is 2. The number of amides is 1. The Kier molecular flexibility index (Phi) is 10.1. The van der Waals surface area contributed by atoms with E-state index in [0.717, 1.165) is 31.5 Å². The number of carbonyl (C=O) groups is 1. The first-order valence-electron chi connectivity index (χ1n) is 15.9. The number of allylic oxidation sites excluding steroid dienone is 1. The lowest BCUT2D eigenvalue weighted by Crippen LogP contribution is -2.64. The van der Waals surface area contributed by atoms with Gasteiger partial charge in [0, 0.05) is 13.2 Å². The molecule has 0 saturated carbocycles. The van der Waals surface area contributed by atoms with Crippen molar-refractivity contribution in [2.24, 2.45) is 17.8 Å². The molecule has 240 valence electrons. The van der Waals surface area contributed by atoms with Crippen molar-refractivity contribution in [1.82, 2.24) is 25.6 Å². The summed E-state index contributed by atoms with van der Waals surface area (Å²) >= 11 is 1.33. The fraction of sp³-hybridized carbons (Fsp3) is 0.656. The monoisotopic (exact) mass is 627 g/mol. The molecule has 4 aliphatic heterocycles. The average Bonchev–Trinajstić information content (AvgIpc) is 3.61. The summed E-state index contributed by atoms with van der Waals surface area (Å²) in [5, 5.41) is 47.8. The van der Waals surface area contributed by atoms with Gasteiger partial charge in [-0.3, -0.25) is 4.79 Å². The lowest BCUT2D eigenvalue weighted by molar-refractivity contribution is -0.205. The van der Waals surface area contributed by atoms with Crippen molar-refractivity contribution < 1.29 is 29.6 Å². The number of aliphatic hydroxyl groups is 3. The number of thioether (sulfide) groups is 1. The van der Waals surface area contributed by atoms with Crippen molar-refractivity contribution in [2.45, 2.75) is 99.2 Å². The predicted octanol–water partition coefficient (Wildman–Crippen LogP) is 2.11. The number of aromatic nitrogens is 3. The Morgan fingerprint density at radius 2 is 1.91 bits per heavy atom. The van der Waals surface area contributed by atoms with Crippen LogP contribution in [0.4, 0.5) is 0 Å². The zero-order chi connectivity index (χ0) is 30.8. The first kappa shape index (κ1) is 31.7. The van der Waals surface area contributed by atoms with E-state index >= 15 is 0 Å². The molecule has 2 bridgehead atoms. The van der Waals surface area contributed by atoms with Gasteiger partial charge in [-0.1, -0.05) is 49.4 Å². The number of benzene rings is 1. The maximum atomic E-state index is 13.7. The normalized spacial score (nSPS) is 38.5. The third-order valence-electron chi connectivity index (χ3n) is 9.35. The topological polar surface area (TPSA) is 151 Å². The summed E-state index contributed by atoms with van der Waals surface area (Å²) in [6.07, 6.45) is 4.75. The van der Waals surface area contributed by atoms with Crippen LogP contribution in [-0.2, 0) is 14.3 Å². The molecule has 44 heavy (non-hydrogen) atoms. The zero-order valence-corrected chi connectivity index (χ0v) is 26.1. The molecule has 5 heterocycles. The van der Waals surface area contributed by atoms with Gasteiger partial charge in [-0.15, -0.1) is 16.9 Å². The van der Waals surface area contributed by atoms with Gasteiger partial charge in [0.2, 0.25) is 5.91 Å². The molecule has 1 amide bonds. The Hall–Kier alpha value is -2.32. The second kappa shape index (κ2) is 14.0. The minimum atomic E-state index is -1.44. The highest BCUT2D eigenvalue weighted by molar-refractivity contribution is 8.00. The van der Waals surface area contributed by atoms with Crippen molar-refractivity contribution in [1.29, 1.82) is 0 Å². The molecule has 0 unspecified atom stereocenters. The van der Waals surface area contributed by atoms with E-state index in [0.29, 0.717) is 37.0 Å². The Labute approximate surface area is 262 Å². The van der Waals surface area contributed by atoms with E-state index in [4.69, 9.17) is 9.47 Å². The molecule has 0 radical (unpaired) electrons. The molecule has 0 spiro atoms. The summed E-state index contributed by atoms with van der Waals surface area (Å²) in [6, 6.07) is 8.56. The van der Waals surface area contributed by atoms with Crippen molar-refractivity contribution in [3.8, 4) is 5.69 Å². The second-order valence-electron chi connectivity index (χ2n) is 13.0. The Morgan fingerprint density at radius 3 is 2.70 bits per heavy atom. The molecular formula is C32H45N5O6S. The van der Waals surface area contributed by atoms with E-state index in [1.54, 1.807) is 4.68 Å². The summed E-state index contributed by atoms with van der Waals surface area (Å²) in [4.78, 5) is 13.7. The maximum Gasteiger partial charge on any atom is 0.240 e. The van der Waals surface area contributed by atoms with Gasteiger partial charge in [0.1, 0.15) is 35.9 Å². The zero-order valence-electron chi connectivity index (χ0n) is 25.3. The van der Waals surface area contributed by atoms with Crippen molar-refractivity contribution in [3.05, 3.63) is 54.4 Å². The Balaban J connectivity index is 1.17. The predicted molar refractivity (Wildman–Crippen MR) is 166 cm³/mol. The Bertz CT molecular complexity index is 1280. The molecule has 6 rings (SSSR count). The molecule has 11 atom stereocenters. The van der Waals surface area contributed by atoms with E-state index in [1.165, 1.54) is 11.8 Å². The van der Waals surface area contributed by atoms with Crippen LogP contribution in [0.1, 0.15) is 56.9 Å². The molecule has 4 aliphatic rings. The van der Waals surface area contributed by atoms with Gasteiger partial charge in [-0.05, 0) is 62.0 Å². The summed E-state index contributed by atoms with van der Waals surface area (Å²) in [5.41, 5.74) is 0.738. The van der Waals surface area contributed by atoms with Crippen LogP contribution < -0.4 is 10.6 Å².